The van der Waals surface area contributed by atoms with Crippen molar-refractivity contribution in [3.8, 4) is 5.88 Å². The van der Waals surface area contributed by atoms with Gasteiger partial charge in [0, 0.05) is 30.8 Å². The van der Waals surface area contributed by atoms with E-state index in [4.69, 9.17) is 4.74 Å². The summed E-state index contributed by atoms with van der Waals surface area (Å²) in [7, 11) is 1.54. The number of likely N-dealkylation sites (tertiary alicyclic amines) is 1. The van der Waals surface area contributed by atoms with Crippen LogP contribution in [0, 0.1) is 5.92 Å². The molecule has 2 N–H and O–H groups in total. The summed E-state index contributed by atoms with van der Waals surface area (Å²) in [6.07, 6.45) is 2.84. The molecule has 7 heteroatoms. The fraction of sp³-hybridized carbons (Fsp3) is 0.316. The zero-order chi connectivity index (χ0) is 18.4. The van der Waals surface area contributed by atoms with Gasteiger partial charge in [-0.05, 0) is 31.0 Å². The van der Waals surface area contributed by atoms with Crippen molar-refractivity contribution in [2.75, 3.05) is 30.8 Å². The summed E-state index contributed by atoms with van der Waals surface area (Å²) in [6.45, 7) is 1.11. The Morgan fingerprint density at radius 3 is 2.38 bits per heavy atom. The van der Waals surface area contributed by atoms with Crippen LogP contribution in [0.25, 0.3) is 0 Å². The van der Waals surface area contributed by atoms with Crippen molar-refractivity contribution < 1.29 is 14.3 Å². The number of urea groups is 1. The van der Waals surface area contributed by atoms with Crippen LogP contribution in [-0.4, -0.2) is 42.0 Å². The van der Waals surface area contributed by atoms with Gasteiger partial charge in [-0.2, -0.15) is 0 Å². The lowest BCUT2D eigenvalue weighted by Gasteiger charge is -2.31. The minimum absolute atomic E-state index is 0.0416. The lowest BCUT2D eigenvalue weighted by molar-refractivity contribution is -0.121. The summed E-state index contributed by atoms with van der Waals surface area (Å²) in [5, 5.41) is 5.74. The van der Waals surface area contributed by atoms with Gasteiger partial charge in [-0.25, -0.2) is 9.78 Å². The van der Waals surface area contributed by atoms with Crippen LogP contribution >= 0.6 is 0 Å². The zero-order valence-corrected chi connectivity index (χ0v) is 14.6. The molecule has 0 aliphatic carbocycles. The van der Waals surface area contributed by atoms with Crippen LogP contribution in [0.4, 0.5) is 16.2 Å². The standard InChI is InChI=1S/C19H22N4O3/c1-26-17-8-7-16(13-20-17)21-18(24)14-9-11-23(12-10-14)19(25)22-15-5-3-2-4-6-15/h2-8,13-14H,9-12H2,1H3,(H,21,24)(H,22,25). The lowest BCUT2D eigenvalue weighted by atomic mass is 9.96. The number of nitrogens with one attached hydrogen (secondary N) is 2. The highest BCUT2D eigenvalue weighted by Crippen LogP contribution is 2.21. The molecule has 1 aliphatic rings. The molecular weight excluding hydrogens is 332 g/mol. The maximum atomic E-state index is 12.4. The third kappa shape index (κ3) is 4.50. The van der Waals surface area contributed by atoms with Crippen molar-refractivity contribution in [2.24, 2.45) is 5.92 Å². The van der Waals surface area contributed by atoms with E-state index in [1.165, 1.54) is 0 Å². The molecule has 0 saturated carbocycles. The van der Waals surface area contributed by atoms with Crippen LogP contribution in [0.2, 0.25) is 0 Å². The second-order valence-electron chi connectivity index (χ2n) is 6.14. The molecule has 0 atom stereocenters. The van der Waals surface area contributed by atoms with Crippen molar-refractivity contribution in [3.63, 3.8) is 0 Å². The average molecular weight is 354 g/mol. The Hall–Kier alpha value is -3.09. The molecule has 0 unspecified atom stereocenters. The number of rotatable bonds is 4. The molecule has 1 aromatic heterocycles. The first-order valence-electron chi connectivity index (χ1n) is 8.57. The summed E-state index contributed by atoms with van der Waals surface area (Å²) < 4.78 is 5.00. The van der Waals surface area contributed by atoms with Crippen LogP contribution < -0.4 is 15.4 Å². The van der Waals surface area contributed by atoms with Gasteiger partial charge in [-0.1, -0.05) is 18.2 Å². The predicted octanol–water partition coefficient (Wildman–Crippen LogP) is 2.97. The highest BCUT2D eigenvalue weighted by molar-refractivity contribution is 5.93. The normalized spacial score (nSPS) is 14.6. The molecule has 1 aromatic carbocycles. The van der Waals surface area contributed by atoms with Gasteiger partial charge in [0.25, 0.3) is 0 Å². The number of amides is 3. The van der Waals surface area contributed by atoms with Crippen molar-refractivity contribution in [2.45, 2.75) is 12.8 Å². The Kier molecular flexibility index (Phi) is 5.68. The number of hydrogen-bond acceptors (Lipinski definition) is 4. The fourth-order valence-corrected chi connectivity index (χ4v) is 2.89. The number of piperidine rings is 1. The van der Waals surface area contributed by atoms with Crippen LogP contribution in [-0.2, 0) is 4.79 Å². The van der Waals surface area contributed by atoms with E-state index in [0.717, 1.165) is 5.69 Å². The van der Waals surface area contributed by atoms with Gasteiger partial charge in [0.1, 0.15) is 0 Å². The molecule has 7 nitrogen and oxygen atoms in total. The highest BCUT2D eigenvalue weighted by Gasteiger charge is 2.27. The minimum Gasteiger partial charge on any atom is -0.481 e. The number of hydrogen-bond donors (Lipinski definition) is 2. The molecular formula is C19H22N4O3. The van der Waals surface area contributed by atoms with Crippen LogP contribution in [0.1, 0.15) is 12.8 Å². The molecule has 26 heavy (non-hydrogen) atoms. The summed E-state index contributed by atoms with van der Waals surface area (Å²) in [5.41, 5.74) is 1.41. The fourth-order valence-electron chi connectivity index (χ4n) is 2.89. The first kappa shape index (κ1) is 17.7. The third-order valence-electron chi connectivity index (χ3n) is 4.39. The molecule has 136 valence electrons. The number of carbonyl (C=O) groups excluding carboxylic acids is 2. The van der Waals surface area contributed by atoms with Gasteiger partial charge in [0.15, 0.2) is 0 Å². The second kappa shape index (κ2) is 8.33. The number of para-hydroxylation sites is 1. The van der Waals surface area contributed by atoms with E-state index in [9.17, 15) is 9.59 Å². The topological polar surface area (TPSA) is 83.6 Å². The van der Waals surface area contributed by atoms with E-state index in [1.54, 1.807) is 30.3 Å². The quantitative estimate of drug-likeness (QED) is 0.884. The summed E-state index contributed by atoms with van der Waals surface area (Å²) in [5.74, 6) is 0.346. The minimum atomic E-state index is -0.130. The smallest absolute Gasteiger partial charge is 0.321 e. The summed E-state index contributed by atoms with van der Waals surface area (Å²) in [4.78, 5) is 30.5. The van der Waals surface area contributed by atoms with Crippen molar-refractivity contribution in [3.05, 3.63) is 48.7 Å². The largest absolute Gasteiger partial charge is 0.481 e. The van der Waals surface area contributed by atoms with Crippen LogP contribution in [0.15, 0.2) is 48.7 Å². The van der Waals surface area contributed by atoms with Gasteiger partial charge in [-0.3, -0.25) is 4.79 Å². The number of ether oxygens (including phenoxy) is 1. The van der Waals surface area contributed by atoms with Crippen LogP contribution in [0.5, 0.6) is 5.88 Å². The van der Waals surface area contributed by atoms with E-state index in [2.05, 4.69) is 15.6 Å². The van der Waals surface area contributed by atoms with E-state index < -0.39 is 0 Å². The van der Waals surface area contributed by atoms with Gasteiger partial charge in [0.2, 0.25) is 11.8 Å². The van der Waals surface area contributed by atoms with Gasteiger partial charge in [0.05, 0.1) is 19.0 Å². The molecule has 0 radical (unpaired) electrons. The maximum Gasteiger partial charge on any atom is 0.321 e. The zero-order valence-electron chi connectivity index (χ0n) is 14.6. The highest BCUT2D eigenvalue weighted by atomic mass is 16.5. The third-order valence-corrected chi connectivity index (χ3v) is 4.39. The predicted molar refractivity (Wildman–Crippen MR) is 99.2 cm³/mol. The first-order chi connectivity index (χ1) is 12.7. The lowest BCUT2D eigenvalue weighted by Crippen LogP contribution is -2.43. The second-order valence-corrected chi connectivity index (χ2v) is 6.14. The maximum absolute atomic E-state index is 12.4. The van der Waals surface area contributed by atoms with Crippen molar-refractivity contribution in [1.29, 1.82) is 0 Å². The summed E-state index contributed by atoms with van der Waals surface area (Å²) >= 11 is 0. The van der Waals surface area contributed by atoms with Crippen molar-refractivity contribution >= 4 is 23.3 Å². The van der Waals surface area contributed by atoms with Crippen molar-refractivity contribution in [1.82, 2.24) is 9.88 Å². The monoisotopic (exact) mass is 354 g/mol. The number of benzene rings is 1. The molecule has 1 aliphatic heterocycles. The molecule has 1 saturated heterocycles. The Morgan fingerprint density at radius 1 is 1.04 bits per heavy atom. The van der Waals surface area contributed by atoms with E-state index in [-0.39, 0.29) is 17.9 Å². The Labute approximate surface area is 152 Å². The Morgan fingerprint density at radius 2 is 1.77 bits per heavy atom. The molecule has 2 heterocycles. The van der Waals surface area contributed by atoms with E-state index >= 15 is 0 Å². The first-order valence-corrected chi connectivity index (χ1v) is 8.57. The Balaban J connectivity index is 1.48. The Bertz CT molecular complexity index is 741. The molecule has 0 bridgehead atoms. The number of methoxy groups -OCH3 is 1. The number of carbonyl (C=O) groups is 2. The number of aromatic nitrogens is 1. The average Bonchev–Trinajstić information content (AvgIpc) is 2.69. The molecule has 1 fully saturated rings. The molecule has 3 amide bonds. The van der Waals surface area contributed by atoms with Gasteiger partial charge in [-0.15, -0.1) is 0 Å². The van der Waals surface area contributed by atoms with Crippen LogP contribution in [0.3, 0.4) is 0 Å². The summed E-state index contributed by atoms with van der Waals surface area (Å²) in [6, 6.07) is 12.7. The molecule has 3 rings (SSSR count). The molecule has 2 aromatic rings. The van der Waals surface area contributed by atoms with Gasteiger partial charge < -0.3 is 20.3 Å². The number of pyridine rings is 1. The number of nitrogens with zero attached hydrogens (tertiary/aromatic N) is 2. The SMILES string of the molecule is COc1ccc(NC(=O)C2CCN(C(=O)Nc3ccccc3)CC2)cn1. The van der Waals surface area contributed by atoms with Gasteiger partial charge >= 0.3 is 6.03 Å². The van der Waals surface area contributed by atoms with E-state index in [0.29, 0.717) is 37.5 Å². The van der Waals surface area contributed by atoms with E-state index in [1.807, 2.05) is 30.3 Å². The molecule has 0 spiro atoms. The number of anilines is 2.